The van der Waals surface area contributed by atoms with E-state index in [0.717, 1.165) is 10.2 Å². The number of amides is 3. The Morgan fingerprint density at radius 3 is 2.52 bits per heavy atom. The van der Waals surface area contributed by atoms with E-state index in [1.807, 2.05) is 31.2 Å². The largest absolute Gasteiger partial charge is 0.337 e. The van der Waals surface area contributed by atoms with Crippen LogP contribution in [0.4, 0.5) is 16.3 Å². The number of carbonyl (C=O) groups is 2. The monoisotopic (exact) mass is 376 g/mol. The van der Waals surface area contributed by atoms with Gasteiger partial charge in [-0.05, 0) is 43.3 Å². The molecule has 1 aromatic carbocycles. The molecule has 3 amide bonds. The lowest BCUT2D eigenvalue weighted by Gasteiger charge is -2.08. The van der Waals surface area contributed by atoms with Crippen LogP contribution in [-0.4, -0.2) is 23.5 Å². The number of urea groups is 1. The first-order valence-corrected chi connectivity index (χ1v) is 7.86. The molecule has 0 aliphatic heterocycles. The predicted octanol–water partition coefficient (Wildman–Crippen LogP) is 3.30. The fraction of sp³-hybridized carbons (Fsp3) is 0.188. The molecule has 0 saturated carbocycles. The predicted molar refractivity (Wildman–Crippen MR) is 93.4 cm³/mol. The summed E-state index contributed by atoms with van der Waals surface area (Å²) < 4.78 is 0.935. The third-order valence-electron chi connectivity index (χ3n) is 2.90. The van der Waals surface area contributed by atoms with Crippen LogP contribution in [0.25, 0.3) is 0 Å². The van der Waals surface area contributed by atoms with E-state index in [2.05, 4.69) is 36.9 Å². The highest BCUT2D eigenvalue weighted by Gasteiger charge is 2.05. The second-order valence-corrected chi connectivity index (χ2v) is 5.77. The van der Waals surface area contributed by atoms with Gasteiger partial charge >= 0.3 is 6.03 Å². The summed E-state index contributed by atoms with van der Waals surface area (Å²) in [6.45, 7) is 2.09. The number of aryl methyl sites for hydroxylation is 1. The number of halogens is 1. The summed E-state index contributed by atoms with van der Waals surface area (Å²) in [7, 11) is 0. The molecule has 7 heteroatoms. The molecule has 1 aromatic heterocycles. The lowest BCUT2D eigenvalue weighted by molar-refractivity contribution is -0.116. The van der Waals surface area contributed by atoms with Crippen LogP contribution in [0, 0.1) is 6.92 Å². The standard InChI is InChI=1S/C16H17BrN4O2/c1-11-3-2-4-14(19-11)21-15(22)9-10-18-16(23)20-13-7-5-12(17)6-8-13/h2-8H,9-10H2,1H3,(H2,18,20,23)(H,19,21,22). The van der Waals surface area contributed by atoms with Crippen molar-refractivity contribution in [1.82, 2.24) is 10.3 Å². The van der Waals surface area contributed by atoms with Crippen LogP contribution in [0.3, 0.4) is 0 Å². The number of rotatable bonds is 5. The number of benzene rings is 1. The molecular formula is C16H17BrN4O2. The number of carbonyl (C=O) groups excluding carboxylic acids is 2. The van der Waals surface area contributed by atoms with Crippen LogP contribution < -0.4 is 16.0 Å². The van der Waals surface area contributed by atoms with Crippen LogP contribution in [0.2, 0.25) is 0 Å². The van der Waals surface area contributed by atoms with Crippen molar-refractivity contribution in [1.29, 1.82) is 0 Å². The van der Waals surface area contributed by atoms with Crippen molar-refractivity contribution >= 4 is 39.4 Å². The van der Waals surface area contributed by atoms with Crippen molar-refractivity contribution in [3.8, 4) is 0 Å². The number of hydrogen-bond acceptors (Lipinski definition) is 3. The molecule has 0 aliphatic rings. The molecule has 23 heavy (non-hydrogen) atoms. The number of pyridine rings is 1. The van der Waals surface area contributed by atoms with E-state index < -0.39 is 0 Å². The Morgan fingerprint density at radius 1 is 1.09 bits per heavy atom. The smallest absolute Gasteiger partial charge is 0.319 e. The van der Waals surface area contributed by atoms with Crippen LogP contribution in [0.15, 0.2) is 46.9 Å². The zero-order valence-electron chi connectivity index (χ0n) is 12.6. The summed E-state index contributed by atoms with van der Waals surface area (Å²) in [4.78, 5) is 27.7. The van der Waals surface area contributed by atoms with E-state index in [-0.39, 0.29) is 24.9 Å². The first-order valence-electron chi connectivity index (χ1n) is 7.07. The maximum Gasteiger partial charge on any atom is 0.319 e. The molecule has 2 rings (SSSR count). The highest BCUT2D eigenvalue weighted by molar-refractivity contribution is 9.10. The molecule has 1 heterocycles. The fourth-order valence-electron chi connectivity index (χ4n) is 1.82. The SMILES string of the molecule is Cc1cccc(NC(=O)CCNC(=O)Nc2ccc(Br)cc2)n1. The van der Waals surface area contributed by atoms with Crippen molar-refractivity contribution in [3.63, 3.8) is 0 Å². The van der Waals surface area contributed by atoms with E-state index in [0.29, 0.717) is 11.5 Å². The Labute approximate surface area is 142 Å². The molecule has 0 fully saturated rings. The van der Waals surface area contributed by atoms with Gasteiger partial charge in [-0.25, -0.2) is 9.78 Å². The van der Waals surface area contributed by atoms with E-state index in [1.165, 1.54) is 0 Å². The van der Waals surface area contributed by atoms with Crippen molar-refractivity contribution in [3.05, 3.63) is 52.6 Å². The van der Waals surface area contributed by atoms with Gasteiger partial charge in [0.15, 0.2) is 0 Å². The number of nitrogens with zero attached hydrogens (tertiary/aromatic N) is 1. The number of aromatic nitrogens is 1. The molecule has 2 aromatic rings. The van der Waals surface area contributed by atoms with Gasteiger partial charge < -0.3 is 16.0 Å². The van der Waals surface area contributed by atoms with Gasteiger partial charge in [-0.1, -0.05) is 22.0 Å². The lowest BCUT2D eigenvalue weighted by Crippen LogP contribution is -2.31. The summed E-state index contributed by atoms with van der Waals surface area (Å²) in [5, 5.41) is 8.00. The molecule has 0 atom stereocenters. The van der Waals surface area contributed by atoms with Crippen molar-refractivity contribution < 1.29 is 9.59 Å². The topological polar surface area (TPSA) is 83.1 Å². The third kappa shape index (κ3) is 6.07. The second kappa shape index (κ2) is 8.28. The first kappa shape index (κ1) is 17.0. The number of anilines is 2. The minimum absolute atomic E-state index is 0.170. The van der Waals surface area contributed by atoms with Crippen molar-refractivity contribution in [2.45, 2.75) is 13.3 Å². The summed E-state index contributed by atoms with van der Waals surface area (Å²) in [5.74, 6) is 0.307. The average molecular weight is 377 g/mol. The molecule has 3 N–H and O–H groups in total. The maximum atomic E-state index is 11.8. The Balaban J connectivity index is 1.70. The van der Waals surface area contributed by atoms with E-state index >= 15 is 0 Å². The minimum atomic E-state index is -0.353. The number of hydrogen-bond donors (Lipinski definition) is 3. The normalized spacial score (nSPS) is 10.0. The molecule has 120 valence electrons. The quantitative estimate of drug-likeness (QED) is 0.748. The van der Waals surface area contributed by atoms with Crippen LogP contribution >= 0.6 is 15.9 Å². The van der Waals surface area contributed by atoms with E-state index in [1.54, 1.807) is 18.2 Å². The molecular weight excluding hydrogens is 360 g/mol. The molecule has 0 unspecified atom stereocenters. The van der Waals surface area contributed by atoms with Gasteiger partial charge in [0.25, 0.3) is 0 Å². The van der Waals surface area contributed by atoms with Gasteiger partial charge in [0.1, 0.15) is 5.82 Å². The van der Waals surface area contributed by atoms with E-state index in [4.69, 9.17) is 0 Å². The Bertz CT molecular complexity index is 689. The summed E-state index contributed by atoms with van der Waals surface area (Å²) in [6.07, 6.45) is 0.170. The first-order chi connectivity index (χ1) is 11.0. The van der Waals surface area contributed by atoms with Gasteiger partial charge in [-0.15, -0.1) is 0 Å². The zero-order chi connectivity index (χ0) is 16.7. The minimum Gasteiger partial charge on any atom is -0.337 e. The summed E-state index contributed by atoms with van der Waals surface area (Å²) >= 11 is 3.32. The average Bonchev–Trinajstić information content (AvgIpc) is 2.49. The zero-order valence-corrected chi connectivity index (χ0v) is 14.2. The van der Waals surface area contributed by atoms with Gasteiger partial charge in [-0.3, -0.25) is 4.79 Å². The van der Waals surface area contributed by atoms with Crippen LogP contribution in [-0.2, 0) is 4.79 Å². The van der Waals surface area contributed by atoms with Crippen LogP contribution in [0.1, 0.15) is 12.1 Å². The van der Waals surface area contributed by atoms with Crippen molar-refractivity contribution in [2.75, 3.05) is 17.2 Å². The van der Waals surface area contributed by atoms with E-state index in [9.17, 15) is 9.59 Å². The molecule has 6 nitrogen and oxygen atoms in total. The van der Waals surface area contributed by atoms with Gasteiger partial charge in [-0.2, -0.15) is 0 Å². The highest BCUT2D eigenvalue weighted by Crippen LogP contribution is 2.13. The highest BCUT2D eigenvalue weighted by atomic mass is 79.9. The third-order valence-corrected chi connectivity index (χ3v) is 3.42. The van der Waals surface area contributed by atoms with Gasteiger partial charge in [0.2, 0.25) is 5.91 Å². The molecule has 0 spiro atoms. The number of nitrogens with one attached hydrogen (secondary N) is 3. The molecule has 0 radical (unpaired) electrons. The molecule has 0 aliphatic carbocycles. The Hall–Kier alpha value is -2.41. The fourth-order valence-corrected chi connectivity index (χ4v) is 2.08. The lowest BCUT2D eigenvalue weighted by atomic mass is 10.3. The Morgan fingerprint density at radius 2 is 1.83 bits per heavy atom. The second-order valence-electron chi connectivity index (χ2n) is 4.85. The summed E-state index contributed by atoms with van der Waals surface area (Å²) in [5.41, 5.74) is 1.51. The summed E-state index contributed by atoms with van der Waals surface area (Å²) in [6, 6.07) is 12.3. The van der Waals surface area contributed by atoms with Gasteiger partial charge in [0, 0.05) is 28.8 Å². The van der Waals surface area contributed by atoms with Crippen molar-refractivity contribution in [2.24, 2.45) is 0 Å². The van der Waals surface area contributed by atoms with Crippen LogP contribution in [0.5, 0.6) is 0 Å². The molecule has 0 saturated heterocycles. The molecule has 0 bridgehead atoms. The Kier molecular flexibility index (Phi) is 6.10. The van der Waals surface area contributed by atoms with Gasteiger partial charge in [0.05, 0.1) is 0 Å². The maximum absolute atomic E-state index is 11.8.